The lowest BCUT2D eigenvalue weighted by atomic mass is 10.0. The van der Waals surface area contributed by atoms with Crippen LogP contribution in [0.5, 0.6) is 28.7 Å². The third-order valence-corrected chi connectivity index (χ3v) is 3.53. The standard InChI is InChI=1S/C14H13BrO5/c1-20-14-6-11(17)7(3-10(14)15)2-9-12(18)4-8(16)5-13(9)19/h3-6,16-19H,2H2,1H3. The molecule has 0 aliphatic heterocycles. The molecule has 0 aromatic heterocycles. The fourth-order valence-electron chi connectivity index (χ4n) is 1.88. The van der Waals surface area contributed by atoms with E-state index < -0.39 is 0 Å². The molecule has 6 heteroatoms. The molecule has 0 atom stereocenters. The minimum atomic E-state index is -0.242. The van der Waals surface area contributed by atoms with Crippen LogP contribution in [-0.2, 0) is 6.42 Å². The van der Waals surface area contributed by atoms with Crippen molar-refractivity contribution >= 4 is 15.9 Å². The fraction of sp³-hybridized carbons (Fsp3) is 0.143. The van der Waals surface area contributed by atoms with Gasteiger partial charge in [-0.15, -0.1) is 0 Å². The van der Waals surface area contributed by atoms with Crippen LogP contribution in [0.4, 0.5) is 0 Å². The van der Waals surface area contributed by atoms with Crippen LogP contribution in [-0.4, -0.2) is 27.5 Å². The molecule has 0 unspecified atom stereocenters. The van der Waals surface area contributed by atoms with Crippen LogP contribution in [0.15, 0.2) is 28.7 Å². The van der Waals surface area contributed by atoms with Crippen LogP contribution < -0.4 is 4.74 Å². The van der Waals surface area contributed by atoms with Crippen LogP contribution in [0.25, 0.3) is 0 Å². The second-order valence-corrected chi connectivity index (χ2v) is 5.11. The Balaban J connectivity index is 2.43. The van der Waals surface area contributed by atoms with E-state index in [0.29, 0.717) is 15.8 Å². The summed E-state index contributed by atoms with van der Waals surface area (Å²) in [6, 6.07) is 5.34. The fourth-order valence-corrected chi connectivity index (χ4v) is 2.43. The second-order valence-electron chi connectivity index (χ2n) is 4.25. The number of rotatable bonds is 3. The normalized spacial score (nSPS) is 10.5. The molecule has 0 bridgehead atoms. The Morgan fingerprint density at radius 3 is 2.10 bits per heavy atom. The average molecular weight is 341 g/mol. The summed E-state index contributed by atoms with van der Waals surface area (Å²) in [5, 5.41) is 38.7. The third kappa shape index (κ3) is 2.75. The van der Waals surface area contributed by atoms with Crippen molar-refractivity contribution in [1.82, 2.24) is 0 Å². The van der Waals surface area contributed by atoms with Crippen LogP contribution in [0, 0.1) is 0 Å². The number of hydrogen-bond donors (Lipinski definition) is 4. The summed E-state index contributed by atoms with van der Waals surface area (Å²) in [5.74, 6) is -0.256. The lowest BCUT2D eigenvalue weighted by molar-refractivity contribution is 0.403. The molecular weight excluding hydrogens is 328 g/mol. The van der Waals surface area contributed by atoms with Gasteiger partial charge in [0.15, 0.2) is 0 Å². The van der Waals surface area contributed by atoms with Gasteiger partial charge in [-0.3, -0.25) is 0 Å². The predicted molar refractivity (Wildman–Crippen MR) is 76.6 cm³/mol. The Labute approximate surface area is 123 Å². The van der Waals surface area contributed by atoms with Crippen LogP contribution in [0.1, 0.15) is 11.1 Å². The van der Waals surface area contributed by atoms with Gasteiger partial charge < -0.3 is 25.2 Å². The number of phenolic OH excluding ortho intramolecular Hbond substituents is 4. The van der Waals surface area contributed by atoms with Crippen molar-refractivity contribution in [2.45, 2.75) is 6.42 Å². The highest BCUT2D eigenvalue weighted by Gasteiger charge is 2.14. The topological polar surface area (TPSA) is 90.2 Å². The molecule has 0 spiro atoms. The second kappa shape index (κ2) is 5.50. The Bertz CT molecular complexity index is 631. The molecule has 0 radical (unpaired) electrons. The van der Waals surface area contributed by atoms with E-state index in [0.717, 1.165) is 12.1 Å². The highest BCUT2D eigenvalue weighted by molar-refractivity contribution is 9.10. The van der Waals surface area contributed by atoms with Gasteiger partial charge in [-0.05, 0) is 27.6 Å². The Hall–Kier alpha value is -2.08. The summed E-state index contributed by atoms with van der Waals surface area (Å²) in [4.78, 5) is 0. The Morgan fingerprint density at radius 2 is 1.55 bits per heavy atom. The van der Waals surface area contributed by atoms with E-state index in [1.54, 1.807) is 6.07 Å². The lowest BCUT2D eigenvalue weighted by Crippen LogP contribution is -1.93. The summed E-state index contributed by atoms with van der Waals surface area (Å²) in [6.07, 6.45) is 0.104. The van der Waals surface area contributed by atoms with Crippen LogP contribution in [0.3, 0.4) is 0 Å². The maximum atomic E-state index is 9.93. The van der Waals surface area contributed by atoms with Crippen LogP contribution >= 0.6 is 15.9 Å². The SMILES string of the molecule is COc1cc(O)c(Cc2c(O)cc(O)cc2O)cc1Br. The number of methoxy groups -OCH3 is 1. The Morgan fingerprint density at radius 1 is 0.950 bits per heavy atom. The van der Waals surface area contributed by atoms with Crippen molar-refractivity contribution < 1.29 is 25.2 Å². The molecule has 0 aliphatic rings. The van der Waals surface area contributed by atoms with Gasteiger partial charge in [0.1, 0.15) is 28.7 Å². The number of aromatic hydroxyl groups is 4. The number of halogens is 1. The monoisotopic (exact) mass is 340 g/mol. The number of hydrogen-bond acceptors (Lipinski definition) is 5. The molecule has 106 valence electrons. The molecule has 0 heterocycles. The predicted octanol–water partition coefficient (Wildman–Crippen LogP) is 2.87. The molecule has 0 aliphatic carbocycles. The van der Waals surface area contributed by atoms with Gasteiger partial charge >= 0.3 is 0 Å². The summed E-state index contributed by atoms with van der Waals surface area (Å²) >= 11 is 3.30. The van der Waals surface area contributed by atoms with Gasteiger partial charge in [0, 0.05) is 30.2 Å². The molecule has 0 amide bonds. The number of phenols is 4. The summed E-state index contributed by atoms with van der Waals surface area (Å²) in [6.45, 7) is 0. The first kappa shape index (κ1) is 14.3. The summed E-state index contributed by atoms with van der Waals surface area (Å²) in [5.41, 5.74) is 0.712. The first-order valence-corrected chi connectivity index (χ1v) is 6.51. The zero-order valence-corrected chi connectivity index (χ0v) is 12.2. The van der Waals surface area contributed by atoms with E-state index >= 15 is 0 Å². The van der Waals surface area contributed by atoms with Crippen molar-refractivity contribution in [1.29, 1.82) is 0 Å². The summed E-state index contributed by atoms with van der Waals surface area (Å²) < 4.78 is 5.70. The smallest absolute Gasteiger partial charge is 0.136 e. The van der Waals surface area contributed by atoms with Gasteiger partial charge in [0.2, 0.25) is 0 Å². The number of ether oxygens (including phenoxy) is 1. The molecule has 0 fully saturated rings. The minimum absolute atomic E-state index is 0.0167. The highest BCUT2D eigenvalue weighted by Crippen LogP contribution is 2.38. The molecule has 0 saturated heterocycles. The maximum Gasteiger partial charge on any atom is 0.136 e. The molecule has 0 saturated carbocycles. The van der Waals surface area contributed by atoms with Crippen molar-refractivity contribution in [2.24, 2.45) is 0 Å². The molecule has 2 aromatic carbocycles. The van der Waals surface area contributed by atoms with E-state index in [2.05, 4.69) is 15.9 Å². The first-order valence-electron chi connectivity index (χ1n) is 5.71. The minimum Gasteiger partial charge on any atom is -0.508 e. The molecular formula is C14H13BrO5. The summed E-state index contributed by atoms with van der Waals surface area (Å²) in [7, 11) is 1.48. The quantitative estimate of drug-likeness (QED) is 0.689. The van der Waals surface area contributed by atoms with E-state index in [1.807, 2.05) is 0 Å². The maximum absolute atomic E-state index is 9.93. The van der Waals surface area contributed by atoms with Gasteiger partial charge in [-0.25, -0.2) is 0 Å². The van der Waals surface area contributed by atoms with Gasteiger partial charge in [-0.2, -0.15) is 0 Å². The van der Waals surface area contributed by atoms with E-state index in [9.17, 15) is 20.4 Å². The average Bonchev–Trinajstić information content (AvgIpc) is 2.37. The zero-order chi connectivity index (χ0) is 14.9. The molecule has 2 rings (SSSR count). The van der Waals surface area contributed by atoms with E-state index in [-0.39, 0.29) is 35.0 Å². The van der Waals surface area contributed by atoms with Gasteiger partial charge in [-0.1, -0.05) is 0 Å². The number of benzene rings is 2. The van der Waals surface area contributed by atoms with Crippen molar-refractivity contribution in [3.05, 3.63) is 39.9 Å². The highest BCUT2D eigenvalue weighted by atomic mass is 79.9. The Kier molecular flexibility index (Phi) is 3.94. The zero-order valence-electron chi connectivity index (χ0n) is 10.6. The van der Waals surface area contributed by atoms with E-state index in [4.69, 9.17) is 4.74 Å². The molecule has 2 aromatic rings. The molecule has 20 heavy (non-hydrogen) atoms. The lowest BCUT2D eigenvalue weighted by Gasteiger charge is -2.11. The molecule has 5 nitrogen and oxygen atoms in total. The van der Waals surface area contributed by atoms with Crippen molar-refractivity contribution in [3.8, 4) is 28.7 Å². The van der Waals surface area contributed by atoms with Gasteiger partial charge in [0.05, 0.1) is 11.6 Å². The third-order valence-electron chi connectivity index (χ3n) is 2.91. The first-order chi connectivity index (χ1) is 9.42. The molecule has 4 N–H and O–H groups in total. The van der Waals surface area contributed by atoms with Crippen molar-refractivity contribution in [2.75, 3.05) is 7.11 Å². The van der Waals surface area contributed by atoms with Crippen LogP contribution in [0.2, 0.25) is 0 Å². The van der Waals surface area contributed by atoms with Crippen molar-refractivity contribution in [3.63, 3.8) is 0 Å². The largest absolute Gasteiger partial charge is 0.508 e. The van der Waals surface area contributed by atoms with E-state index in [1.165, 1.54) is 13.2 Å². The van der Waals surface area contributed by atoms with Gasteiger partial charge in [0.25, 0.3) is 0 Å².